The third kappa shape index (κ3) is 2.98. The summed E-state index contributed by atoms with van der Waals surface area (Å²) in [5.41, 5.74) is 1.84. The highest BCUT2D eigenvalue weighted by Gasteiger charge is 2.42. The summed E-state index contributed by atoms with van der Waals surface area (Å²) >= 11 is 1.57. The van der Waals surface area contributed by atoms with Crippen molar-refractivity contribution in [3.05, 3.63) is 29.3 Å². The van der Waals surface area contributed by atoms with E-state index < -0.39 is 6.04 Å². The zero-order valence-electron chi connectivity index (χ0n) is 12.1. The molecular formula is C15H19NO3S. The number of hydrogen-bond acceptors (Lipinski definition) is 5. The van der Waals surface area contributed by atoms with Crippen molar-refractivity contribution in [2.75, 3.05) is 7.11 Å². The smallest absolute Gasteiger partial charge is 0.332 e. The predicted molar refractivity (Wildman–Crippen MR) is 81.5 cm³/mol. The summed E-state index contributed by atoms with van der Waals surface area (Å²) in [6.07, 6.45) is 0.535. The van der Waals surface area contributed by atoms with Gasteiger partial charge in [-0.3, -0.25) is 4.99 Å². The average molecular weight is 293 g/mol. The van der Waals surface area contributed by atoms with Crippen LogP contribution in [0.3, 0.4) is 0 Å². The summed E-state index contributed by atoms with van der Waals surface area (Å²) < 4.78 is 4.48. The third-order valence-corrected chi connectivity index (χ3v) is 4.55. The van der Waals surface area contributed by atoms with Crippen molar-refractivity contribution in [1.82, 2.24) is 0 Å². The largest absolute Gasteiger partial charge is 0.508 e. The molecule has 0 radical (unpaired) electrons. The maximum absolute atomic E-state index is 11.7. The van der Waals surface area contributed by atoms with E-state index in [1.54, 1.807) is 17.8 Å². The molecule has 20 heavy (non-hydrogen) atoms. The minimum atomic E-state index is -0.486. The number of benzene rings is 1. The fourth-order valence-corrected chi connectivity index (χ4v) is 3.46. The van der Waals surface area contributed by atoms with Crippen LogP contribution >= 0.6 is 11.8 Å². The minimum absolute atomic E-state index is 0.271. The van der Waals surface area contributed by atoms with E-state index >= 15 is 0 Å². The summed E-state index contributed by atoms with van der Waals surface area (Å²) in [5.74, 6) is -0.0433. The minimum Gasteiger partial charge on any atom is -0.508 e. The molecule has 1 heterocycles. The molecule has 5 heteroatoms. The van der Waals surface area contributed by atoms with Gasteiger partial charge < -0.3 is 9.84 Å². The molecule has 0 aliphatic carbocycles. The zero-order valence-corrected chi connectivity index (χ0v) is 13.0. The van der Waals surface area contributed by atoms with Gasteiger partial charge in [-0.2, -0.15) is 0 Å². The number of phenols is 1. The maximum atomic E-state index is 11.7. The first-order valence-corrected chi connectivity index (χ1v) is 7.27. The van der Waals surface area contributed by atoms with Crippen LogP contribution in [0.2, 0.25) is 0 Å². The van der Waals surface area contributed by atoms with Gasteiger partial charge in [-0.25, -0.2) is 4.79 Å². The van der Waals surface area contributed by atoms with Gasteiger partial charge in [-0.1, -0.05) is 12.1 Å². The molecule has 1 aliphatic heterocycles. The van der Waals surface area contributed by atoms with Gasteiger partial charge in [-0.05, 0) is 32.4 Å². The molecule has 108 valence electrons. The lowest BCUT2D eigenvalue weighted by molar-refractivity contribution is -0.142. The Labute approximate surface area is 123 Å². The van der Waals surface area contributed by atoms with Gasteiger partial charge in [0.05, 0.1) is 12.2 Å². The summed E-state index contributed by atoms with van der Waals surface area (Å²) in [4.78, 5) is 16.2. The third-order valence-electron chi connectivity index (χ3n) is 3.32. The van der Waals surface area contributed by atoms with Crippen LogP contribution in [0.4, 0.5) is 0 Å². The van der Waals surface area contributed by atoms with E-state index in [9.17, 15) is 9.90 Å². The lowest BCUT2D eigenvalue weighted by Crippen LogP contribution is -2.35. The van der Waals surface area contributed by atoms with E-state index in [1.807, 2.05) is 32.9 Å². The Morgan fingerprint density at radius 1 is 1.50 bits per heavy atom. The van der Waals surface area contributed by atoms with Gasteiger partial charge in [0.25, 0.3) is 0 Å². The Bertz CT molecular complexity index is 566. The lowest BCUT2D eigenvalue weighted by atomic mass is 10.0. The first-order valence-electron chi connectivity index (χ1n) is 6.45. The number of hydrogen-bond donors (Lipinski definition) is 1. The van der Waals surface area contributed by atoms with Crippen molar-refractivity contribution in [2.24, 2.45) is 4.99 Å². The van der Waals surface area contributed by atoms with Crippen molar-refractivity contribution in [1.29, 1.82) is 0 Å². The second-order valence-electron chi connectivity index (χ2n) is 5.46. The van der Waals surface area contributed by atoms with Crippen LogP contribution in [0.5, 0.6) is 5.75 Å². The fourth-order valence-electron chi connectivity index (χ4n) is 2.20. The number of aromatic hydroxyl groups is 1. The number of ether oxygens (including phenoxy) is 1. The number of methoxy groups -OCH3 is 1. The highest BCUT2D eigenvalue weighted by molar-refractivity contribution is 8.15. The summed E-state index contributed by atoms with van der Waals surface area (Å²) in [5, 5.41) is 10.8. The second kappa shape index (κ2) is 5.48. The summed E-state index contributed by atoms with van der Waals surface area (Å²) in [7, 11) is 1.38. The van der Waals surface area contributed by atoms with Crippen LogP contribution in [-0.4, -0.2) is 34.0 Å². The molecule has 0 saturated carbocycles. The van der Waals surface area contributed by atoms with E-state index in [1.165, 1.54) is 7.11 Å². The van der Waals surface area contributed by atoms with Gasteiger partial charge in [0.2, 0.25) is 0 Å². The van der Waals surface area contributed by atoms with E-state index in [-0.39, 0.29) is 16.5 Å². The van der Waals surface area contributed by atoms with E-state index in [2.05, 4.69) is 4.99 Å². The zero-order chi connectivity index (χ0) is 14.9. The number of carbonyl (C=O) groups excluding carboxylic acids is 1. The number of rotatable bonds is 3. The van der Waals surface area contributed by atoms with Crippen molar-refractivity contribution in [2.45, 2.75) is 38.0 Å². The van der Waals surface area contributed by atoms with Crippen molar-refractivity contribution < 1.29 is 14.6 Å². The van der Waals surface area contributed by atoms with Gasteiger partial charge in [0, 0.05) is 16.7 Å². The predicted octanol–water partition coefficient (Wildman–Crippen LogP) is 2.71. The van der Waals surface area contributed by atoms with E-state index in [0.717, 1.165) is 16.2 Å². The second-order valence-corrected chi connectivity index (χ2v) is 7.19. The highest BCUT2D eigenvalue weighted by atomic mass is 32.2. The molecule has 0 bridgehead atoms. The van der Waals surface area contributed by atoms with Crippen LogP contribution in [0, 0.1) is 6.92 Å². The van der Waals surface area contributed by atoms with Crippen molar-refractivity contribution in [3.8, 4) is 5.75 Å². The molecule has 0 saturated heterocycles. The number of thioether (sulfide) groups is 1. The molecule has 1 aromatic rings. The summed E-state index contributed by atoms with van der Waals surface area (Å²) in [6.45, 7) is 5.89. The number of nitrogens with zero attached hydrogens (tertiary/aromatic N) is 1. The molecule has 1 aliphatic rings. The topological polar surface area (TPSA) is 58.9 Å². The molecule has 0 fully saturated rings. The van der Waals surface area contributed by atoms with Crippen molar-refractivity contribution >= 4 is 22.8 Å². The lowest BCUT2D eigenvalue weighted by Gasteiger charge is -2.21. The monoisotopic (exact) mass is 293 g/mol. The first kappa shape index (κ1) is 14.9. The van der Waals surface area contributed by atoms with Crippen LogP contribution in [0.1, 0.15) is 25.0 Å². The number of aliphatic imine (C=N–C) groups is 1. The van der Waals surface area contributed by atoms with Gasteiger partial charge in [0.1, 0.15) is 5.75 Å². The molecule has 0 spiro atoms. The van der Waals surface area contributed by atoms with Gasteiger partial charge in [-0.15, -0.1) is 11.8 Å². The van der Waals surface area contributed by atoms with Crippen LogP contribution in [-0.2, 0) is 16.0 Å². The molecule has 0 aromatic heterocycles. The molecule has 1 aromatic carbocycles. The molecule has 0 unspecified atom stereocenters. The average Bonchev–Trinajstić information content (AvgIpc) is 2.67. The SMILES string of the molecule is COC(=O)[C@@H]1N=C(Cc2ccc(C)cc2O)SC1(C)C. The Kier molecular flexibility index (Phi) is 4.09. The number of phenolic OH excluding ortho intramolecular Hbond substituents is 1. The molecule has 4 nitrogen and oxygen atoms in total. The first-order chi connectivity index (χ1) is 9.33. The summed E-state index contributed by atoms with van der Waals surface area (Å²) in [6, 6.07) is 5.10. The molecule has 2 rings (SSSR count). The van der Waals surface area contributed by atoms with Crippen LogP contribution in [0.15, 0.2) is 23.2 Å². The Hall–Kier alpha value is -1.49. The van der Waals surface area contributed by atoms with Crippen LogP contribution in [0.25, 0.3) is 0 Å². The molecule has 1 N–H and O–H groups in total. The molecule has 0 amide bonds. The Morgan fingerprint density at radius 2 is 2.20 bits per heavy atom. The standard InChI is InChI=1S/C15H19NO3S/c1-9-5-6-10(11(17)7-9)8-12-16-13(14(18)19-4)15(2,3)20-12/h5-7,13,17H,8H2,1-4H3/t13-/m0/s1. The highest BCUT2D eigenvalue weighted by Crippen LogP contribution is 2.39. The maximum Gasteiger partial charge on any atom is 0.332 e. The van der Waals surface area contributed by atoms with E-state index in [0.29, 0.717) is 6.42 Å². The quantitative estimate of drug-likeness (QED) is 0.871. The van der Waals surface area contributed by atoms with Gasteiger partial charge >= 0.3 is 5.97 Å². The number of carbonyl (C=O) groups is 1. The number of esters is 1. The Morgan fingerprint density at radius 3 is 2.80 bits per heavy atom. The molecular weight excluding hydrogens is 274 g/mol. The van der Waals surface area contributed by atoms with Crippen LogP contribution < -0.4 is 0 Å². The number of aryl methyl sites for hydroxylation is 1. The normalized spacial score (nSPS) is 20.6. The molecule has 1 atom stereocenters. The van der Waals surface area contributed by atoms with Gasteiger partial charge in [0.15, 0.2) is 6.04 Å². The Balaban J connectivity index is 2.20. The van der Waals surface area contributed by atoms with Crippen molar-refractivity contribution in [3.63, 3.8) is 0 Å². The fraction of sp³-hybridized carbons (Fsp3) is 0.467. The van der Waals surface area contributed by atoms with E-state index in [4.69, 9.17) is 4.74 Å².